The van der Waals surface area contributed by atoms with E-state index in [4.69, 9.17) is 5.73 Å². The van der Waals surface area contributed by atoms with E-state index in [9.17, 15) is 9.90 Å². The third-order valence-electron chi connectivity index (χ3n) is 2.53. The van der Waals surface area contributed by atoms with Crippen LogP contribution in [-0.4, -0.2) is 17.1 Å². The lowest BCUT2D eigenvalue weighted by Gasteiger charge is -2.16. The fourth-order valence-electron chi connectivity index (χ4n) is 1.52. The standard InChI is InChI=1S/C11H23NO2/c1-3-4-5-6-7-10(13)9(2)8-11(12)14/h9-10,13H,3-8H2,1-2H3,(H2,12,14). The van der Waals surface area contributed by atoms with Gasteiger partial charge in [-0.2, -0.15) is 0 Å². The molecular formula is C11H23NO2. The number of nitrogens with two attached hydrogens (primary N) is 1. The number of carbonyl (C=O) groups excluding carboxylic acids is 1. The molecular weight excluding hydrogens is 178 g/mol. The van der Waals surface area contributed by atoms with E-state index in [1.165, 1.54) is 12.8 Å². The highest BCUT2D eigenvalue weighted by Gasteiger charge is 2.15. The largest absolute Gasteiger partial charge is 0.393 e. The average molecular weight is 201 g/mol. The minimum Gasteiger partial charge on any atom is -0.393 e. The Balaban J connectivity index is 3.51. The van der Waals surface area contributed by atoms with Crippen LogP contribution in [0, 0.1) is 5.92 Å². The molecule has 0 rings (SSSR count). The lowest BCUT2D eigenvalue weighted by Crippen LogP contribution is -2.24. The molecule has 0 fully saturated rings. The van der Waals surface area contributed by atoms with Crippen LogP contribution in [0.2, 0.25) is 0 Å². The van der Waals surface area contributed by atoms with Gasteiger partial charge in [-0.3, -0.25) is 4.79 Å². The summed E-state index contributed by atoms with van der Waals surface area (Å²) in [4.78, 5) is 10.6. The summed E-state index contributed by atoms with van der Waals surface area (Å²) in [5.74, 6) is -0.334. The molecule has 0 heterocycles. The summed E-state index contributed by atoms with van der Waals surface area (Å²) < 4.78 is 0. The van der Waals surface area contributed by atoms with E-state index >= 15 is 0 Å². The van der Waals surface area contributed by atoms with Crippen molar-refractivity contribution >= 4 is 5.91 Å². The zero-order valence-corrected chi connectivity index (χ0v) is 9.33. The Morgan fingerprint density at radius 1 is 1.36 bits per heavy atom. The number of carbonyl (C=O) groups is 1. The summed E-state index contributed by atoms with van der Waals surface area (Å²) in [6, 6.07) is 0. The van der Waals surface area contributed by atoms with E-state index in [0.717, 1.165) is 19.3 Å². The van der Waals surface area contributed by atoms with Crippen LogP contribution in [0.4, 0.5) is 0 Å². The second kappa shape index (κ2) is 7.80. The van der Waals surface area contributed by atoms with E-state index in [-0.39, 0.29) is 24.3 Å². The van der Waals surface area contributed by atoms with Gasteiger partial charge >= 0.3 is 0 Å². The van der Waals surface area contributed by atoms with Gasteiger partial charge < -0.3 is 10.8 Å². The van der Waals surface area contributed by atoms with Crippen molar-refractivity contribution in [3.8, 4) is 0 Å². The molecule has 0 aliphatic carbocycles. The Bertz CT molecular complexity index is 159. The third-order valence-corrected chi connectivity index (χ3v) is 2.53. The molecule has 0 saturated carbocycles. The summed E-state index contributed by atoms with van der Waals surface area (Å²) in [7, 11) is 0. The topological polar surface area (TPSA) is 63.3 Å². The number of aliphatic hydroxyl groups is 1. The number of unbranched alkanes of at least 4 members (excludes halogenated alkanes) is 3. The maximum absolute atomic E-state index is 10.6. The predicted molar refractivity (Wildman–Crippen MR) is 57.7 cm³/mol. The molecule has 14 heavy (non-hydrogen) atoms. The lowest BCUT2D eigenvalue weighted by molar-refractivity contribution is -0.119. The number of hydrogen-bond donors (Lipinski definition) is 2. The summed E-state index contributed by atoms with van der Waals surface area (Å²) in [5, 5.41) is 9.66. The summed E-state index contributed by atoms with van der Waals surface area (Å²) in [5.41, 5.74) is 5.06. The van der Waals surface area contributed by atoms with E-state index in [0.29, 0.717) is 0 Å². The quantitative estimate of drug-likeness (QED) is 0.588. The van der Waals surface area contributed by atoms with Crippen LogP contribution in [0.1, 0.15) is 52.4 Å². The van der Waals surface area contributed by atoms with Gasteiger partial charge in [-0.05, 0) is 12.3 Å². The normalized spacial score (nSPS) is 15.1. The first-order chi connectivity index (χ1) is 6.57. The first-order valence-corrected chi connectivity index (χ1v) is 5.54. The van der Waals surface area contributed by atoms with Crippen LogP contribution in [0.15, 0.2) is 0 Å². The average Bonchev–Trinajstić information content (AvgIpc) is 2.11. The highest BCUT2D eigenvalue weighted by Crippen LogP contribution is 2.14. The van der Waals surface area contributed by atoms with Crippen molar-refractivity contribution in [1.82, 2.24) is 0 Å². The van der Waals surface area contributed by atoms with Gasteiger partial charge in [0.25, 0.3) is 0 Å². The van der Waals surface area contributed by atoms with Gasteiger partial charge in [0.15, 0.2) is 0 Å². The molecule has 2 unspecified atom stereocenters. The summed E-state index contributed by atoms with van der Waals surface area (Å²) in [6.07, 6.45) is 5.32. The van der Waals surface area contributed by atoms with Crippen molar-refractivity contribution in [2.75, 3.05) is 0 Å². The molecule has 3 nitrogen and oxygen atoms in total. The number of hydrogen-bond acceptors (Lipinski definition) is 2. The second-order valence-corrected chi connectivity index (χ2v) is 4.06. The smallest absolute Gasteiger partial charge is 0.217 e. The Kier molecular flexibility index (Phi) is 7.48. The van der Waals surface area contributed by atoms with Crippen molar-refractivity contribution in [3.63, 3.8) is 0 Å². The lowest BCUT2D eigenvalue weighted by atomic mass is 9.96. The molecule has 1 amide bonds. The number of primary amides is 1. The van der Waals surface area contributed by atoms with Crippen LogP contribution < -0.4 is 5.73 Å². The van der Waals surface area contributed by atoms with Gasteiger partial charge in [0.2, 0.25) is 5.91 Å². The highest BCUT2D eigenvalue weighted by molar-refractivity contribution is 5.73. The summed E-state index contributed by atoms with van der Waals surface area (Å²) in [6.45, 7) is 4.03. The van der Waals surface area contributed by atoms with Gasteiger partial charge in [0.1, 0.15) is 0 Å². The Morgan fingerprint density at radius 3 is 2.50 bits per heavy atom. The van der Waals surface area contributed by atoms with Crippen molar-refractivity contribution in [2.45, 2.75) is 58.5 Å². The molecule has 0 bridgehead atoms. The zero-order valence-electron chi connectivity index (χ0n) is 9.33. The zero-order chi connectivity index (χ0) is 11.0. The predicted octanol–water partition coefficient (Wildman–Crippen LogP) is 1.83. The van der Waals surface area contributed by atoms with Crippen LogP contribution in [0.25, 0.3) is 0 Å². The Morgan fingerprint density at radius 2 is 2.00 bits per heavy atom. The molecule has 0 spiro atoms. The molecule has 0 aromatic carbocycles. The summed E-state index contributed by atoms with van der Waals surface area (Å²) >= 11 is 0. The van der Waals surface area contributed by atoms with E-state index in [1.807, 2.05) is 6.92 Å². The van der Waals surface area contributed by atoms with Crippen molar-refractivity contribution in [2.24, 2.45) is 11.7 Å². The Labute approximate surface area is 86.7 Å². The van der Waals surface area contributed by atoms with Gasteiger partial charge in [0.05, 0.1) is 6.10 Å². The second-order valence-electron chi connectivity index (χ2n) is 4.06. The first-order valence-electron chi connectivity index (χ1n) is 5.54. The van der Waals surface area contributed by atoms with E-state index < -0.39 is 0 Å². The van der Waals surface area contributed by atoms with E-state index in [1.54, 1.807) is 0 Å². The van der Waals surface area contributed by atoms with Crippen molar-refractivity contribution < 1.29 is 9.90 Å². The first kappa shape index (κ1) is 13.4. The van der Waals surface area contributed by atoms with Gasteiger partial charge in [0, 0.05) is 6.42 Å². The minimum absolute atomic E-state index is 0.00544. The fourth-order valence-corrected chi connectivity index (χ4v) is 1.52. The maximum Gasteiger partial charge on any atom is 0.217 e. The fraction of sp³-hybridized carbons (Fsp3) is 0.909. The molecule has 3 N–H and O–H groups in total. The number of aliphatic hydroxyl groups excluding tert-OH is 1. The maximum atomic E-state index is 10.6. The van der Waals surface area contributed by atoms with E-state index in [2.05, 4.69) is 6.92 Å². The molecule has 0 aromatic heterocycles. The number of amides is 1. The molecule has 0 aliphatic rings. The Hall–Kier alpha value is -0.570. The molecule has 84 valence electrons. The van der Waals surface area contributed by atoms with Gasteiger partial charge in [-0.25, -0.2) is 0 Å². The van der Waals surface area contributed by atoms with Crippen LogP contribution >= 0.6 is 0 Å². The molecule has 2 atom stereocenters. The molecule has 0 aliphatic heterocycles. The van der Waals surface area contributed by atoms with Crippen LogP contribution in [0.5, 0.6) is 0 Å². The molecule has 0 aromatic rings. The minimum atomic E-state index is -0.376. The molecule has 3 heteroatoms. The monoisotopic (exact) mass is 201 g/mol. The third kappa shape index (κ3) is 6.89. The van der Waals surface area contributed by atoms with Crippen molar-refractivity contribution in [1.29, 1.82) is 0 Å². The molecule has 0 radical (unpaired) electrons. The van der Waals surface area contributed by atoms with Gasteiger partial charge in [-0.1, -0.05) is 39.5 Å². The number of rotatable bonds is 8. The highest BCUT2D eigenvalue weighted by atomic mass is 16.3. The molecule has 0 saturated heterocycles. The van der Waals surface area contributed by atoms with Crippen LogP contribution in [-0.2, 0) is 4.79 Å². The van der Waals surface area contributed by atoms with Gasteiger partial charge in [-0.15, -0.1) is 0 Å². The van der Waals surface area contributed by atoms with Crippen molar-refractivity contribution in [3.05, 3.63) is 0 Å². The SMILES string of the molecule is CCCCCCC(O)C(C)CC(N)=O. The van der Waals surface area contributed by atoms with Crippen LogP contribution in [0.3, 0.4) is 0 Å².